The fourth-order valence-electron chi connectivity index (χ4n) is 2.07. The molecular formula is C16H22Cl2N2O2. The van der Waals surface area contributed by atoms with Crippen LogP contribution < -0.4 is 5.32 Å². The monoisotopic (exact) mass is 344 g/mol. The van der Waals surface area contributed by atoms with Crippen LogP contribution in [0.25, 0.3) is 0 Å². The number of benzene rings is 1. The maximum Gasteiger partial charge on any atom is 0.226 e. The van der Waals surface area contributed by atoms with Gasteiger partial charge in [-0.25, -0.2) is 0 Å². The van der Waals surface area contributed by atoms with Gasteiger partial charge in [-0.1, -0.05) is 43.0 Å². The van der Waals surface area contributed by atoms with Crippen LogP contribution in [0.15, 0.2) is 18.2 Å². The molecular weight excluding hydrogens is 323 g/mol. The molecule has 122 valence electrons. The van der Waals surface area contributed by atoms with E-state index < -0.39 is 0 Å². The van der Waals surface area contributed by atoms with E-state index >= 15 is 0 Å². The number of anilines is 1. The Labute approximate surface area is 141 Å². The Bertz CT molecular complexity index is 501. The van der Waals surface area contributed by atoms with Crippen molar-refractivity contribution >= 4 is 40.7 Å². The standard InChI is InChI=1S/C16H22Cl2N2O2/c1-3-4-5-7-20(12(2)21)8-6-16(22)19-15-10-13(17)9-14(18)11-15/h9-11H,3-8H2,1-2H3,(H,19,22). The number of hydrogen-bond acceptors (Lipinski definition) is 2. The van der Waals surface area contributed by atoms with Crippen LogP contribution in [0.5, 0.6) is 0 Å². The fraction of sp³-hybridized carbons (Fsp3) is 0.500. The minimum absolute atomic E-state index is 0.00490. The summed E-state index contributed by atoms with van der Waals surface area (Å²) in [5.41, 5.74) is 0.558. The quantitative estimate of drug-likeness (QED) is 0.712. The first-order chi connectivity index (χ1) is 10.4. The van der Waals surface area contributed by atoms with Crippen LogP contribution in [-0.2, 0) is 9.59 Å². The number of nitrogens with zero attached hydrogens (tertiary/aromatic N) is 1. The highest BCUT2D eigenvalue weighted by atomic mass is 35.5. The molecule has 6 heteroatoms. The molecule has 0 fully saturated rings. The highest BCUT2D eigenvalue weighted by Gasteiger charge is 2.11. The molecule has 0 aliphatic rings. The van der Waals surface area contributed by atoms with Gasteiger partial charge in [0.2, 0.25) is 11.8 Å². The van der Waals surface area contributed by atoms with E-state index in [1.807, 2.05) is 0 Å². The minimum atomic E-state index is -0.167. The molecule has 0 saturated heterocycles. The van der Waals surface area contributed by atoms with E-state index in [0.29, 0.717) is 28.8 Å². The molecule has 0 radical (unpaired) electrons. The van der Waals surface area contributed by atoms with Gasteiger partial charge in [0, 0.05) is 42.2 Å². The molecule has 0 heterocycles. The molecule has 0 aliphatic heterocycles. The van der Waals surface area contributed by atoms with Crippen LogP contribution in [0.2, 0.25) is 10.0 Å². The third-order valence-electron chi connectivity index (χ3n) is 3.23. The first-order valence-corrected chi connectivity index (χ1v) is 8.19. The lowest BCUT2D eigenvalue weighted by molar-refractivity contribution is -0.129. The van der Waals surface area contributed by atoms with Crippen LogP contribution in [0, 0.1) is 0 Å². The molecule has 0 unspecified atom stereocenters. The Morgan fingerprint density at radius 1 is 1.09 bits per heavy atom. The Morgan fingerprint density at radius 3 is 2.27 bits per heavy atom. The number of hydrogen-bond donors (Lipinski definition) is 1. The summed E-state index contributed by atoms with van der Waals surface area (Å²) in [5.74, 6) is -0.172. The molecule has 0 atom stereocenters. The topological polar surface area (TPSA) is 49.4 Å². The average molecular weight is 345 g/mol. The second-order valence-corrected chi connectivity index (χ2v) is 6.04. The summed E-state index contributed by atoms with van der Waals surface area (Å²) in [6, 6.07) is 4.87. The summed E-state index contributed by atoms with van der Waals surface area (Å²) in [6.45, 7) is 4.75. The third kappa shape index (κ3) is 7.14. The van der Waals surface area contributed by atoms with Crippen molar-refractivity contribution in [3.05, 3.63) is 28.2 Å². The smallest absolute Gasteiger partial charge is 0.226 e. The summed E-state index contributed by atoms with van der Waals surface area (Å²) in [7, 11) is 0. The van der Waals surface area contributed by atoms with Gasteiger partial charge in [-0.15, -0.1) is 0 Å². The lowest BCUT2D eigenvalue weighted by Crippen LogP contribution is -2.32. The van der Waals surface area contributed by atoms with E-state index in [9.17, 15) is 9.59 Å². The zero-order chi connectivity index (χ0) is 16.5. The second-order valence-electron chi connectivity index (χ2n) is 5.17. The largest absolute Gasteiger partial charge is 0.342 e. The number of carbonyl (C=O) groups excluding carboxylic acids is 2. The summed E-state index contributed by atoms with van der Waals surface area (Å²) in [4.78, 5) is 25.2. The van der Waals surface area contributed by atoms with Crippen molar-refractivity contribution in [2.24, 2.45) is 0 Å². The zero-order valence-corrected chi connectivity index (χ0v) is 14.5. The molecule has 0 aromatic heterocycles. The van der Waals surface area contributed by atoms with Gasteiger partial charge in [-0.2, -0.15) is 0 Å². The van der Waals surface area contributed by atoms with Crippen molar-refractivity contribution in [3.63, 3.8) is 0 Å². The van der Waals surface area contributed by atoms with Crippen LogP contribution in [0.4, 0.5) is 5.69 Å². The lowest BCUT2D eigenvalue weighted by Gasteiger charge is -2.20. The van der Waals surface area contributed by atoms with E-state index in [1.54, 1.807) is 23.1 Å². The van der Waals surface area contributed by atoms with Crippen LogP contribution in [-0.4, -0.2) is 29.8 Å². The number of amides is 2. The van der Waals surface area contributed by atoms with Gasteiger partial charge in [-0.05, 0) is 24.6 Å². The van der Waals surface area contributed by atoms with Crippen molar-refractivity contribution in [3.8, 4) is 0 Å². The second kappa shape index (κ2) is 9.70. The molecule has 4 nitrogen and oxygen atoms in total. The van der Waals surface area contributed by atoms with Gasteiger partial charge in [0.1, 0.15) is 0 Å². The molecule has 0 saturated carbocycles. The van der Waals surface area contributed by atoms with E-state index in [0.717, 1.165) is 19.3 Å². The number of carbonyl (C=O) groups is 2. The molecule has 0 bridgehead atoms. The fourth-order valence-corrected chi connectivity index (χ4v) is 2.59. The van der Waals surface area contributed by atoms with Gasteiger partial charge in [-0.3, -0.25) is 9.59 Å². The van der Waals surface area contributed by atoms with Gasteiger partial charge in [0.25, 0.3) is 0 Å². The number of rotatable bonds is 8. The van der Waals surface area contributed by atoms with Gasteiger partial charge in [0.05, 0.1) is 0 Å². The molecule has 1 rings (SSSR count). The van der Waals surface area contributed by atoms with E-state index in [4.69, 9.17) is 23.2 Å². The predicted molar refractivity (Wildman–Crippen MR) is 91.5 cm³/mol. The minimum Gasteiger partial charge on any atom is -0.342 e. The van der Waals surface area contributed by atoms with Crippen molar-refractivity contribution < 1.29 is 9.59 Å². The Morgan fingerprint density at radius 2 is 1.73 bits per heavy atom. The summed E-state index contributed by atoms with van der Waals surface area (Å²) in [6.07, 6.45) is 3.39. The van der Waals surface area contributed by atoms with Gasteiger partial charge < -0.3 is 10.2 Å². The first kappa shape index (κ1) is 18.8. The molecule has 1 aromatic carbocycles. The van der Waals surface area contributed by atoms with Gasteiger partial charge >= 0.3 is 0 Å². The van der Waals surface area contributed by atoms with E-state index in [-0.39, 0.29) is 18.2 Å². The van der Waals surface area contributed by atoms with Crippen molar-refractivity contribution in [1.82, 2.24) is 4.90 Å². The molecule has 22 heavy (non-hydrogen) atoms. The molecule has 0 spiro atoms. The predicted octanol–water partition coefficient (Wildman–Crippen LogP) is 4.36. The zero-order valence-electron chi connectivity index (χ0n) is 13.0. The Hall–Kier alpha value is -1.26. The van der Waals surface area contributed by atoms with Crippen LogP contribution in [0.1, 0.15) is 39.5 Å². The Balaban J connectivity index is 2.47. The maximum atomic E-state index is 12.0. The summed E-state index contributed by atoms with van der Waals surface area (Å²) < 4.78 is 0. The van der Waals surface area contributed by atoms with Crippen molar-refractivity contribution in [2.45, 2.75) is 39.5 Å². The molecule has 1 N–H and O–H groups in total. The molecule has 0 aliphatic carbocycles. The van der Waals surface area contributed by atoms with Crippen molar-refractivity contribution in [2.75, 3.05) is 18.4 Å². The SMILES string of the molecule is CCCCCN(CCC(=O)Nc1cc(Cl)cc(Cl)c1)C(C)=O. The van der Waals surface area contributed by atoms with Crippen LogP contribution >= 0.6 is 23.2 Å². The molecule has 1 aromatic rings. The summed E-state index contributed by atoms with van der Waals surface area (Å²) >= 11 is 11.8. The molecule has 2 amide bonds. The van der Waals surface area contributed by atoms with Gasteiger partial charge in [0.15, 0.2) is 0 Å². The summed E-state index contributed by atoms with van der Waals surface area (Å²) in [5, 5.41) is 3.67. The average Bonchev–Trinajstić information content (AvgIpc) is 2.41. The highest BCUT2D eigenvalue weighted by Crippen LogP contribution is 2.22. The Kier molecular flexibility index (Phi) is 8.28. The number of nitrogens with one attached hydrogen (secondary N) is 1. The number of halogens is 2. The number of unbranched alkanes of at least 4 members (excludes halogenated alkanes) is 2. The first-order valence-electron chi connectivity index (χ1n) is 7.43. The van der Waals surface area contributed by atoms with Crippen LogP contribution in [0.3, 0.4) is 0 Å². The van der Waals surface area contributed by atoms with E-state index in [2.05, 4.69) is 12.2 Å². The highest BCUT2D eigenvalue weighted by molar-refractivity contribution is 6.35. The van der Waals surface area contributed by atoms with Crippen molar-refractivity contribution in [1.29, 1.82) is 0 Å². The maximum absolute atomic E-state index is 12.0. The third-order valence-corrected chi connectivity index (χ3v) is 3.67. The normalized spacial score (nSPS) is 10.4. The lowest BCUT2D eigenvalue weighted by atomic mass is 10.2. The van der Waals surface area contributed by atoms with E-state index in [1.165, 1.54) is 6.92 Å².